The van der Waals surface area contributed by atoms with E-state index in [0.717, 1.165) is 22.5 Å². The lowest BCUT2D eigenvalue weighted by Gasteiger charge is -2.07. The summed E-state index contributed by atoms with van der Waals surface area (Å²) in [7, 11) is 0. The molecule has 0 aliphatic heterocycles. The van der Waals surface area contributed by atoms with Crippen LogP contribution in [0.4, 0.5) is 0 Å². The summed E-state index contributed by atoms with van der Waals surface area (Å²) in [6, 6.07) is 8.94. The van der Waals surface area contributed by atoms with Crippen molar-refractivity contribution in [2.45, 2.75) is 13.5 Å². The van der Waals surface area contributed by atoms with Gasteiger partial charge < -0.3 is 5.11 Å². The summed E-state index contributed by atoms with van der Waals surface area (Å²) in [5, 5.41) is 10.3. The molecule has 0 aliphatic rings. The summed E-state index contributed by atoms with van der Waals surface area (Å²) in [6.45, 7) is 1.87. The molecule has 2 aromatic rings. The smallest absolute Gasteiger partial charge is 0.0723 e. The fraction of sp³-hybridized carbons (Fsp3) is 0.154. The molecule has 2 rings (SSSR count). The van der Waals surface area contributed by atoms with Crippen LogP contribution in [0, 0.1) is 6.92 Å². The average molecular weight is 268 g/mol. The molecule has 0 spiro atoms. The molecule has 0 bridgehead atoms. The number of aromatic nitrogens is 1. The van der Waals surface area contributed by atoms with Crippen LogP contribution >= 0.6 is 23.2 Å². The van der Waals surface area contributed by atoms with Crippen LogP contribution < -0.4 is 0 Å². The minimum Gasteiger partial charge on any atom is -0.392 e. The van der Waals surface area contributed by atoms with Gasteiger partial charge in [-0.2, -0.15) is 0 Å². The van der Waals surface area contributed by atoms with Crippen molar-refractivity contribution in [1.29, 1.82) is 0 Å². The van der Waals surface area contributed by atoms with Crippen LogP contribution in [0.15, 0.2) is 30.3 Å². The van der Waals surface area contributed by atoms with Crippen molar-refractivity contribution in [1.82, 2.24) is 4.98 Å². The summed E-state index contributed by atoms with van der Waals surface area (Å²) in [6.07, 6.45) is 0. The maximum Gasteiger partial charge on any atom is 0.0723 e. The molecule has 1 N–H and O–H groups in total. The number of aryl methyl sites for hydroxylation is 1. The highest BCUT2D eigenvalue weighted by atomic mass is 35.5. The van der Waals surface area contributed by atoms with E-state index < -0.39 is 0 Å². The van der Waals surface area contributed by atoms with E-state index in [-0.39, 0.29) is 6.61 Å². The zero-order chi connectivity index (χ0) is 12.4. The number of aliphatic hydroxyl groups excluding tert-OH is 1. The lowest BCUT2D eigenvalue weighted by molar-refractivity contribution is 0.281. The topological polar surface area (TPSA) is 33.1 Å². The van der Waals surface area contributed by atoms with Crippen LogP contribution in [0.25, 0.3) is 11.3 Å². The number of halogens is 2. The molecule has 0 saturated carbocycles. The maximum atomic E-state index is 9.16. The Balaban J connectivity index is 2.55. The van der Waals surface area contributed by atoms with Crippen molar-refractivity contribution in [3.63, 3.8) is 0 Å². The Morgan fingerprint density at radius 3 is 2.59 bits per heavy atom. The van der Waals surface area contributed by atoms with Gasteiger partial charge in [0.15, 0.2) is 0 Å². The average Bonchev–Trinajstić information content (AvgIpc) is 2.28. The van der Waals surface area contributed by atoms with Crippen molar-refractivity contribution in [3.05, 3.63) is 51.6 Å². The fourth-order valence-corrected chi connectivity index (χ4v) is 2.17. The largest absolute Gasteiger partial charge is 0.392 e. The first-order chi connectivity index (χ1) is 8.10. The summed E-state index contributed by atoms with van der Waals surface area (Å²) in [5.41, 5.74) is 3.22. The lowest BCUT2D eigenvalue weighted by atomic mass is 10.1. The van der Waals surface area contributed by atoms with E-state index in [0.29, 0.717) is 10.0 Å². The van der Waals surface area contributed by atoms with Crippen molar-refractivity contribution in [2.75, 3.05) is 0 Å². The van der Waals surface area contributed by atoms with E-state index in [1.165, 1.54) is 0 Å². The Kier molecular flexibility index (Phi) is 3.67. The van der Waals surface area contributed by atoms with Gasteiger partial charge in [-0.25, -0.2) is 0 Å². The van der Waals surface area contributed by atoms with Crippen molar-refractivity contribution >= 4 is 23.2 Å². The molecule has 0 fully saturated rings. The maximum absolute atomic E-state index is 9.16. The predicted octanol–water partition coefficient (Wildman–Crippen LogP) is 3.86. The Morgan fingerprint density at radius 1 is 1.18 bits per heavy atom. The third kappa shape index (κ3) is 2.78. The number of benzene rings is 1. The minimum atomic E-state index is -0.0123. The molecular weight excluding hydrogens is 257 g/mol. The molecule has 1 aromatic carbocycles. The zero-order valence-corrected chi connectivity index (χ0v) is 10.8. The second-order valence-corrected chi connectivity index (χ2v) is 4.63. The molecule has 2 nitrogen and oxygen atoms in total. The van der Waals surface area contributed by atoms with Crippen molar-refractivity contribution in [3.8, 4) is 11.3 Å². The summed E-state index contributed by atoms with van der Waals surface area (Å²) in [4.78, 5) is 4.40. The second kappa shape index (κ2) is 5.05. The van der Waals surface area contributed by atoms with E-state index in [1.54, 1.807) is 12.1 Å². The number of hydrogen-bond donors (Lipinski definition) is 1. The molecule has 4 heteroatoms. The van der Waals surface area contributed by atoms with E-state index in [2.05, 4.69) is 4.98 Å². The SMILES string of the molecule is Cc1cc(CO)cc(-c2ccc(Cl)cc2Cl)n1. The van der Waals surface area contributed by atoms with Crippen LogP contribution in [0.3, 0.4) is 0 Å². The van der Waals surface area contributed by atoms with E-state index in [1.807, 2.05) is 25.1 Å². The van der Waals surface area contributed by atoms with Crippen molar-refractivity contribution < 1.29 is 5.11 Å². The predicted molar refractivity (Wildman–Crippen MR) is 70.4 cm³/mol. The number of pyridine rings is 1. The third-order valence-corrected chi connectivity index (χ3v) is 2.95. The molecule has 17 heavy (non-hydrogen) atoms. The van der Waals surface area contributed by atoms with Crippen LogP contribution in [0.1, 0.15) is 11.3 Å². The number of hydrogen-bond acceptors (Lipinski definition) is 2. The van der Waals surface area contributed by atoms with Gasteiger partial charge in [0, 0.05) is 16.3 Å². The highest BCUT2D eigenvalue weighted by Gasteiger charge is 2.07. The summed E-state index contributed by atoms with van der Waals surface area (Å²) in [5.74, 6) is 0. The van der Waals surface area contributed by atoms with Crippen LogP contribution in [0.5, 0.6) is 0 Å². The lowest BCUT2D eigenvalue weighted by Crippen LogP contribution is -1.92. The Bertz CT molecular complexity index is 555. The van der Waals surface area contributed by atoms with Crippen LogP contribution in [-0.4, -0.2) is 10.1 Å². The van der Waals surface area contributed by atoms with E-state index in [4.69, 9.17) is 28.3 Å². The first-order valence-corrected chi connectivity index (χ1v) is 5.89. The first kappa shape index (κ1) is 12.4. The Morgan fingerprint density at radius 2 is 1.94 bits per heavy atom. The molecule has 0 saturated heterocycles. The van der Waals surface area contributed by atoms with Gasteiger partial charge in [-0.3, -0.25) is 4.98 Å². The van der Waals surface area contributed by atoms with Gasteiger partial charge in [-0.1, -0.05) is 23.2 Å². The van der Waals surface area contributed by atoms with E-state index >= 15 is 0 Å². The van der Waals surface area contributed by atoms with Crippen LogP contribution in [-0.2, 0) is 6.61 Å². The highest BCUT2D eigenvalue weighted by molar-refractivity contribution is 6.36. The molecule has 0 unspecified atom stereocenters. The summed E-state index contributed by atoms with van der Waals surface area (Å²) < 4.78 is 0. The first-order valence-electron chi connectivity index (χ1n) is 5.14. The normalized spacial score (nSPS) is 10.6. The second-order valence-electron chi connectivity index (χ2n) is 3.78. The van der Waals surface area contributed by atoms with Gasteiger partial charge in [0.2, 0.25) is 0 Å². The van der Waals surface area contributed by atoms with Gasteiger partial charge in [-0.05, 0) is 42.8 Å². The molecule has 0 radical (unpaired) electrons. The summed E-state index contributed by atoms with van der Waals surface area (Å²) >= 11 is 12.0. The minimum absolute atomic E-state index is 0.0123. The standard InChI is InChI=1S/C13H11Cl2NO/c1-8-4-9(7-17)5-13(16-8)11-3-2-10(14)6-12(11)15/h2-6,17H,7H2,1H3. The molecule has 0 atom stereocenters. The molecule has 1 heterocycles. The molecule has 1 aromatic heterocycles. The number of rotatable bonds is 2. The third-order valence-electron chi connectivity index (χ3n) is 2.40. The monoisotopic (exact) mass is 267 g/mol. The zero-order valence-electron chi connectivity index (χ0n) is 9.24. The Hall–Kier alpha value is -1.09. The van der Waals surface area contributed by atoms with Crippen molar-refractivity contribution in [2.24, 2.45) is 0 Å². The van der Waals surface area contributed by atoms with E-state index in [9.17, 15) is 0 Å². The quantitative estimate of drug-likeness (QED) is 0.897. The molecular formula is C13H11Cl2NO. The van der Waals surface area contributed by atoms with Gasteiger partial charge in [-0.15, -0.1) is 0 Å². The highest BCUT2D eigenvalue weighted by Crippen LogP contribution is 2.29. The fourth-order valence-electron chi connectivity index (χ4n) is 1.67. The molecule has 88 valence electrons. The molecule has 0 amide bonds. The van der Waals surface area contributed by atoms with Gasteiger partial charge in [0.1, 0.15) is 0 Å². The van der Waals surface area contributed by atoms with Gasteiger partial charge in [0.25, 0.3) is 0 Å². The number of aliphatic hydroxyl groups is 1. The molecule has 0 aliphatic carbocycles. The van der Waals surface area contributed by atoms with Crippen LogP contribution in [0.2, 0.25) is 10.0 Å². The van der Waals surface area contributed by atoms with Gasteiger partial charge in [0.05, 0.1) is 17.3 Å². The van der Waals surface area contributed by atoms with Gasteiger partial charge >= 0.3 is 0 Å². The number of nitrogens with zero attached hydrogens (tertiary/aromatic N) is 1. The Labute approximate surface area is 110 Å².